The number of nitrogens with two attached hydrogens (primary N) is 1. The molecule has 146 valence electrons. The van der Waals surface area contributed by atoms with E-state index >= 15 is 0 Å². The van der Waals surface area contributed by atoms with Crippen LogP contribution >= 0.6 is 11.8 Å². The van der Waals surface area contributed by atoms with Gasteiger partial charge in [-0.2, -0.15) is 5.10 Å². The van der Waals surface area contributed by atoms with Crippen LogP contribution < -0.4 is 17.2 Å². The van der Waals surface area contributed by atoms with E-state index in [0.717, 1.165) is 0 Å². The Labute approximate surface area is 152 Å². The summed E-state index contributed by atoms with van der Waals surface area (Å²) in [4.78, 5) is 39.4. The molecule has 12 nitrogen and oxygen atoms in total. The fraction of sp³-hybridized carbons (Fsp3) is 0.615. The zero-order valence-corrected chi connectivity index (χ0v) is 14.7. The molecule has 1 aromatic heterocycles. The largest absolute Gasteiger partial charge is 0.481 e. The molecule has 0 aliphatic heterocycles. The van der Waals surface area contributed by atoms with Gasteiger partial charge in [0.1, 0.15) is 11.9 Å². The summed E-state index contributed by atoms with van der Waals surface area (Å²) in [5.74, 6) is -4.76. The van der Waals surface area contributed by atoms with Crippen molar-refractivity contribution in [2.24, 2.45) is 23.5 Å². The highest BCUT2D eigenvalue weighted by atomic mass is 32.2. The third-order valence-corrected chi connectivity index (χ3v) is 5.88. The quantitative estimate of drug-likeness (QED) is 0.319. The predicted octanol–water partition coefficient (Wildman–Crippen LogP) is -1.76. The van der Waals surface area contributed by atoms with Crippen molar-refractivity contribution in [1.82, 2.24) is 26.6 Å². The van der Waals surface area contributed by atoms with Crippen molar-refractivity contribution in [3.8, 4) is 0 Å². The lowest BCUT2D eigenvalue weighted by molar-refractivity contribution is -0.149. The number of rotatable bonds is 6. The summed E-state index contributed by atoms with van der Waals surface area (Å²) in [6.07, 6.45) is 1.42. The summed E-state index contributed by atoms with van der Waals surface area (Å²) >= 11 is 1.25. The molecule has 0 unspecified atom stereocenters. The van der Waals surface area contributed by atoms with Crippen LogP contribution in [-0.2, 0) is 14.4 Å². The van der Waals surface area contributed by atoms with Crippen LogP contribution in [0.3, 0.4) is 0 Å². The average molecular weight is 390 g/mol. The smallest absolute Gasteiger partial charge is 0.329 e. The van der Waals surface area contributed by atoms with E-state index in [1.165, 1.54) is 25.0 Å². The van der Waals surface area contributed by atoms with E-state index < -0.39 is 41.3 Å². The van der Waals surface area contributed by atoms with Gasteiger partial charge in [0.25, 0.3) is 0 Å². The number of carboxylic acids is 2. The summed E-state index contributed by atoms with van der Waals surface area (Å²) in [6.45, 7) is 1.44. The molecule has 0 saturated heterocycles. The van der Waals surface area contributed by atoms with Gasteiger partial charge >= 0.3 is 11.9 Å². The summed E-state index contributed by atoms with van der Waals surface area (Å²) in [7, 11) is 0. The maximum atomic E-state index is 12.0. The Balaban J connectivity index is 0.00000169. The molecule has 3 rings (SSSR count). The summed E-state index contributed by atoms with van der Waals surface area (Å²) in [5, 5.41) is 28.2. The highest BCUT2D eigenvalue weighted by Crippen LogP contribution is 2.65. The molecule has 26 heavy (non-hydrogen) atoms. The van der Waals surface area contributed by atoms with Crippen molar-refractivity contribution >= 4 is 29.6 Å². The molecule has 1 amide bonds. The maximum Gasteiger partial charge on any atom is 0.329 e. The fourth-order valence-corrected chi connectivity index (χ4v) is 4.95. The molecule has 1 aromatic rings. The second-order valence-electron chi connectivity index (χ2n) is 6.17. The molecule has 0 aromatic carbocycles. The highest BCUT2D eigenvalue weighted by molar-refractivity contribution is 7.99. The number of aromatic nitrogens is 3. The molecule has 6 atom stereocenters. The van der Waals surface area contributed by atoms with E-state index in [2.05, 4.69) is 20.5 Å². The van der Waals surface area contributed by atoms with Crippen LogP contribution in [0.5, 0.6) is 0 Å². The van der Waals surface area contributed by atoms with Gasteiger partial charge in [-0.15, -0.1) is 0 Å². The van der Waals surface area contributed by atoms with Crippen LogP contribution in [0, 0.1) is 17.8 Å². The van der Waals surface area contributed by atoms with Crippen LogP contribution in [0.1, 0.15) is 13.3 Å². The number of hydrogen-bond acceptors (Lipinski definition) is 8. The van der Waals surface area contributed by atoms with Crippen LogP contribution in [0.15, 0.2) is 11.5 Å². The Bertz CT molecular complexity index is 685. The summed E-state index contributed by atoms with van der Waals surface area (Å²) < 4.78 is 0. The first-order chi connectivity index (χ1) is 11.3. The molecule has 2 fully saturated rings. The number of thioether (sulfide) groups is 1. The number of nitrogens with zero attached hydrogens (tertiary/aromatic N) is 2. The number of hydrogen-bond donors (Lipinski definition) is 6. The zero-order chi connectivity index (χ0) is 17.6. The predicted molar refractivity (Wildman–Crippen MR) is 89.5 cm³/mol. The number of nitrogens with one attached hydrogen (secondary N) is 2. The van der Waals surface area contributed by atoms with Crippen molar-refractivity contribution < 1.29 is 30.1 Å². The Morgan fingerprint density at radius 1 is 1.46 bits per heavy atom. The van der Waals surface area contributed by atoms with Crippen molar-refractivity contribution in [1.29, 1.82) is 0 Å². The number of carbonyl (C=O) groups is 3. The average Bonchev–Trinajstić information content (AvgIpc) is 2.90. The molecule has 13 heteroatoms. The minimum atomic E-state index is -1.63. The first-order valence-corrected chi connectivity index (χ1v) is 8.21. The minimum absolute atomic E-state index is 0. The van der Waals surface area contributed by atoms with Crippen molar-refractivity contribution in [2.75, 3.05) is 0 Å². The van der Waals surface area contributed by atoms with Crippen molar-refractivity contribution in [3.05, 3.63) is 6.33 Å². The Kier molecular flexibility index (Phi) is 6.35. The van der Waals surface area contributed by atoms with Gasteiger partial charge in [-0.1, -0.05) is 11.8 Å². The van der Waals surface area contributed by atoms with Crippen LogP contribution in [-0.4, -0.2) is 65.5 Å². The van der Waals surface area contributed by atoms with E-state index in [0.29, 0.717) is 5.16 Å². The van der Waals surface area contributed by atoms with Gasteiger partial charge in [0.2, 0.25) is 5.91 Å². The van der Waals surface area contributed by atoms with E-state index in [4.69, 9.17) is 5.73 Å². The number of fused-ring (bicyclic) bond motifs is 1. The van der Waals surface area contributed by atoms with Gasteiger partial charge in [0, 0.05) is 11.2 Å². The first-order valence-electron chi connectivity index (χ1n) is 7.33. The lowest BCUT2D eigenvalue weighted by atomic mass is 9.89. The van der Waals surface area contributed by atoms with E-state index in [9.17, 15) is 24.6 Å². The second-order valence-corrected chi connectivity index (χ2v) is 7.40. The first kappa shape index (κ1) is 21.8. The summed E-state index contributed by atoms with van der Waals surface area (Å²) in [6, 6.07) is -0.886. The molecular weight excluding hydrogens is 368 g/mol. The molecule has 2 aliphatic carbocycles. The molecule has 2 saturated carbocycles. The lowest BCUT2D eigenvalue weighted by Gasteiger charge is -2.30. The van der Waals surface area contributed by atoms with Crippen LogP contribution in [0.25, 0.3) is 0 Å². The molecule has 0 bridgehead atoms. The molecule has 2 aliphatic rings. The molecule has 0 spiro atoms. The van der Waals surface area contributed by atoms with Gasteiger partial charge < -0.3 is 32.9 Å². The third kappa shape index (κ3) is 3.38. The van der Waals surface area contributed by atoms with E-state index in [-0.39, 0.29) is 29.2 Å². The monoisotopic (exact) mass is 390 g/mol. The fourth-order valence-electron chi connectivity index (χ4n) is 3.61. The number of carbonyl (C=O) groups excluding carboxylic acids is 1. The Morgan fingerprint density at radius 3 is 2.58 bits per heavy atom. The number of aliphatic carboxylic acids is 2. The van der Waals surface area contributed by atoms with Gasteiger partial charge in [0.05, 0.1) is 12.0 Å². The topological polar surface area (TPSA) is 238 Å². The standard InChI is InChI=1S/C13H17N5O5S.H3N.H2O/c1-4(14)9(19)17-13(11(22)23)2-5(24-12-15-3-16-18-12)6-7(8(6)13)10(20)21;;/h3-8H,2,14H2,1H3,(H,17,19)(H,20,21)(H,22,23)(H,15,16,18);1H3;1H2/t4-,5+,6-,7-,8-,13+;;/m0../s1. The van der Waals surface area contributed by atoms with Crippen molar-refractivity contribution in [3.63, 3.8) is 0 Å². The molecule has 11 N–H and O–H groups in total. The summed E-state index contributed by atoms with van der Waals surface area (Å²) in [5.41, 5.74) is 3.89. The maximum absolute atomic E-state index is 12.0. The van der Waals surface area contributed by atoms with Crippen LogP contribution in [0.4, 0.5) is 0 Å². The third-order valence-electron chi connectivity index (χ3n) is 4.68. The Hall–Kier alpha value is -2.22. The van der Waals surface area contributed by atoms with E-state index in [1.54, 1.807) is 0 Å². The molecule has 0 radical (unpaired) electrons. The number of aromatic amines is 1. The minimum Gasteiger partial charge on any atom is -0.481 e. The van der Waals surface area contributed by atoms with Gasteiger partial charge in [0.15, 0.2) is 5.16 Å². The molecule has 1 heterocycles. The SMILES string of the molecule is C[C@H](N)C(=O)N[C@]1(C(=O)O)C[C@@H](Sc2ncn[nH]2)[C@H]2[C@H](C(=O)O)[C@H]21.N.O. The number of carboxylic acid groups (broad SMARTS) is 2. The highest BCUT2D eigenvalue weighted by Gasteiger charge is 2.75. The van der Waals surface area contributed by atoms with Crippen molar-refractivity contribution in [2.45, 2.75) is 35.3 Å². The number of H-pyrrole nitrogens is 1. The van der Waals surface area contributed by atoms with Gasteiger partial charge in [-0.05, 0) is 19.3 Å². The Morgan fingerprint density at radius 2 is 2.12 bits per heavy atom. The number of amides is 1. The lowest BCUT2D eigenvalue weighted by Crippen LogP contribution is -2.59. The van der Waals surface area contributed by atoms with E-state index in [1.807, 2.05) is 0 Å². The van der Waals surface area contributed by atoms with Gasteiger partial charge in [-0.25, -0.2) is 9.78 Å². The normalized spacial score (nSPS) is 32.4. The van der Waals surface area contributed by atoms with Crippen LogP contribution in [0.2, 0.25) is 0 Å². The van der Waals surface area contributed by atoms with Gasteiger partial charge in [-0.3, -0.25) is 14.7 Å². The molecular formula is C13H22N6O6S. The zero-order valence-electron chi connectivity index (χ0n) is 13.9. The second kappa shape index (κ2) is 7.57.